The molecule has 0 aromatic rings. The van der Waals surface area contributed by atoms with Gasteiger partial charge in [-0.3, -0.25) is 0 Å². The fourth-order valence-electron chi connectivity index (χ4n) is 2.03. The molecule has 0 fully saturated rings. The van der Waals surface area contributed by atoms with Gasteiger partial charge < -0.3 is 5.32 Å². The van der Waals surface area contributed by atoms with Gasteiger partial charge in [0.1, 0.15) is 0 Å². The van der Waals surface area contributed by atoms with Gasteiger partial charge in [-0.1, -0.05) is 13.8 Å². The zero-order valence-corrected chi connectivity index (χ0v) is 13.3. The Bertz CT molecular complexity index is 483. The summed E-state index contributed by atoms with van der Waals surface area (Å²) in [4.78, 5) is 0. The molecule has 19 heavy (non-hydrogen) atoms. The van der Waals surface area contributed by atoms with Gasteiger partial charge in [0.25, 0.3) is 0 Å². The molecule has 0 saturated heterocycles. The van der Waals surface area contributed by atoms with Crippen LogP contribution in [0.25, 0.3) is 0 Å². The van der Waals surface area contributed by atoms with Crippen molar-refractivity contribution in [1.82, 2.24) is 5.32 Å². The van der Waals surface area contributed by atoms with Crippen molar-refractivity contribution in [1.29, 1.82) is 5.26 Å². The minimum Gasteiger partial charge on any atom is -0.320 e. The van der Waals surface area contributed by atoms with Crippen LogP contribution in [-0.4, -0.2) is 46.0 Å². The Morgan fingerprint density at radius 1 is 1.05 bits per heavy atom. The summed E-state index contributed by atoms with van der Waals surface area (Å²) in [5, 5.41) is 11.5. The van der Waals surface area contributed by atoms with E-state index >= 15 is 0 Å². The van der Waals surface area contributed by atoms with Crippen LogP contribution in [0, 0.1) is 11.3 Å². The molecule has 1 N–H and O–H groups in total. The number of nitrogens with zero attached hydrogens (tertiary/aromatic N) is 1. The Kier molecular flexibility index (Phi) is 6.97. The van der Waals surface area contributed by atoms with Crippen LogP contribution in [-0.2, 0) is 19.7 Å². The van der Waals surface area contributed by atoms with E-state index in [-0.39, 0.29) is 37.3 Å². The highest BCUT2D eigenvalue weighted by molar-refractivity contribution is 8.10. The van der Waals surface area contributed by atoms with Gasteiger partial charge in [0.2, 0.25) is 0 Å². The van der Waals surface area contributed by atoms with Gasteiger partial charge in [0.05, 0.1) is 6.07 Å². The van der Waals surface area contributed by atoms with E-state index in [0.29, 0.717) is 0 Å². The largest absolute Gasteiger partial charge is 0.320 e. The second kappa shape index (κ2) is 7.22. The number of sulfone groups is 2. The van der Waals surface area contributed by atoms with E-state index in [0.717, 1.165) is 0 Å². The van der Waals surface area contributed by atoms with Crippen LogP contribution in [0.3, 0.4) is 0 Å². The quantitative estimate of drug-likeness (QED) is 0.663. The fourth-order valence-corrected chi connectivity index (χ4v) is 6.99. The number of hydrogen-bond acceptors (Lipinski definition) is 6. The number of hydrogen-bond donors (Lipinski definition) is 1. The maximum atomic E-state index is 12.3. The second-order valence-corrected chi connectivity index (χ2v) is 9.66. The van der Waals surface area contributed by atoms with E-state index in [1.54, 1.807) is 7.05 Å². The first-order valence-corrected chi connectivity index (χ1v) is 9.51. The summed E-state index contributed by atoms with van der Waals surface area (Å²) in [6, 6.07) is 1.84. The molecule has 6 nitrogen and oxygen atoms in total. The molecule has 0 atom stereocenters. The molecule has 0 aliphatic rings. The maximum Gasteiger partial charge on any atom is 0.175 e. The highest BCUT2D eigenvalue weighted by Gasteiger charge is 2.51. The molecule has 112 valence electrons. The molecular weight excluding hydrogens is 288 g/mol. The summed E-state index contributed by atoms with van der Waals surface area (Å²) in [6.45, 7) is 3.13. The zero-order chi connectivity index (χ0) is 15.2. The highest BCUT2D eigenvalue weighted by atomic mass is 32.3. The van der Waals surface area contributed by atoms with Crippen molar-refractivity contribution < 1.29 is 16.8 Å². The molecule has 0 aromatic carbocycles. The van der Waals surface area contributed by atoms with Crippen LogP contribution >= 0.6 is 0 Å². The van der Waals surface area contributed by atoms with Crippen LogP contribution in [0.2, 0.25) is 0 Å². The average molecular weight is 310 g/mol. The van der Waals surface area contributed by atoms with E-state index in [2.05, 4.69) is 5.32 Å². The van der Waals surface area contributed by atoms with E-state index in [9.17, 15) is 16.8 Å². The van der Waals surface area contributed by atoms with Crippen LogP contribution in [0.4, 0.5) is 0 Å². The fraction of sp³-hybridized carbons (Fsp3) is 0.909. The van der Waals surface area contributed by atoms with E-state index < -0.39 is 23.8 Å². The van der Waals surface area contributed by atoms with Crippen molar-refractivity contribution in [2.75, 3.05) is 25.1 Å². The first kappa shape index (κ1) is 18.4. The first-order chi connectivity index (χ1) is 8.74. The Labute approximate surface area is 116 Å². The van der Waals surface area contributed by atoms with Crippen LogP contribution < -0.4 is 5.32 Å². The maximum absolute atomic E-state index is 12.3. The highest BCUT2D eigenvalue weighted by Crippen LogP contribution is 2.35. The average Bonchev–Trinajstić information content (AvgIpc) is 2.38. The molecular formula is C11H22N2O4S2. The SMILES string of the molecule is CCS(=O)(=O)C(CCC#N)(CCNC)S(=O)(=O)CC. The molecule has 0 spiro atoms. The first-order valence-electron chi connectivity index (χ1n) is 6.20. The molecule has 0 bridgehead atoms. The minimum absolute atomic E-state index is 0.0302. The van der Waals surface area contributed by atoms with Gasteiger partial charge in [-0.25, -0.2) is 16.8 Å². The van der Waals surface area contributed by atoms with E-state index in [1.165, 1.54) is 13.8 Å². The third-order valence-corrected chi connectivity index (χ3v) is 9.39. The Morgan fingerprint density at radius 2 is 1.53 bits per heavy atom. The smallest absolute Gasteiger partial charge is 0.175 e. The monoisotopic (exact) mass is 310 g/mol. The zero-order valence-electron chi connectivity index (χ0n) is 11.6. The van der Waals surface area contributed by atoms with Crippen molar-refractivity contribution in [3.63, 3.8) is 0 Å². The van der Waals surface area contributed by atoms with Crippen LogP contribution in [0.15, 0.2) is 0 Å². The lowest BCUT2D eigenvalue weighted by atomic mass is 10.2. The third-order valence-electron chi connectivity index (χ3n) is 3.27. The lowest BCUT2D eigenvalue weighted by molar-refractivity contribution is 0.504. The molecule has 0 heterocycles. The standard InChI is InChI=1S/C11H22N2O4S2/c1-4-18(14,15)11(7-6-9-12,8-10-13-3)19(16,17)5-2/h13H,4-8,10H2,1-3H3. The predicted molar refractivity (Wildman–Crippen MR) is 75.0 cm³/mol. The van der Waals surface area contributed by atoms with Crippen molar-refractivity contribution in [3.8, 4) is 6.07 Å². The van der Waals surface area contributed by atoms with Crippen molar-refractivity contribution in [2.45, 2.75) is 37.2 Å². The van der Waals surface area contributed by atoms with Gasteiger partial charge in [0, 0.05) is 17.9 Å². The molecule has 0 saturated carbocycles. The van der Waals surface area contributed by atoms with Gasteiger partial charge in [-0.2, -0.15) is 5.26 Å². The second-order valence-electron chi connectivity index (χ2n) is 4.23. The molecule has 0 aliphatic heterocycles. The summed E-state index contributed by atoms with van der Waals surface area (Å²) >= 11 is 0. The molecule has 0 amide bonds. The molecule has 8 heteroatoms. The topological polar surface area (TPSA) is 104 Å². The molecule has 0 unspecified atom stereocenters. The van der Waals surface area contributed by atoms with Gasteiger partial charge in [0.15, 0.2) is 23.8 Å². The molecule has 0 rings (SSSR count). The number of nitriles is 1. The normalized spacial score (nSPS) is 13.2. The minimum atomic E-state index is -3.82. The van der Waals surface area contributed by atoms with E-state index in [4.69, 9.17) is 5.26 Å². The van der Waals surface area contributed by atoms with Gasteiger partial charge in [-0.15, -0.1) is 0 Å². The van der Waals surface area contributed by atoms with Gasteiger partial charge in [-0.05, 0) is 26.4 Å². The Hall–Kier alpha value is -0.650. The Morgan fingerprint density at radius 3 is 1.84 bits per heavy atom. The molecule has 0 aliphatic carbocycles. The van der Waals surface area contributed by atoms with Crippen LogP contribution in [0.5, 0.6) is 0 Å². The lowest BCUT2D eigenvalue weighted by Gasteiger charge is -2.31. The number of rotatable bonds is 9. The lowest BCUT2D eigenvalue weighted by Crippen LogP contribution is -2.49. The number of nitrogens with one attached hydrogen (secondary N) is 1. The van der Waals surface area contributed by atoms with E-state index in [1.807, 2.05) is 6.07 Å². The van der Waals surface area contributed by atoms with Crippen LogP contribution in [0.1, 0.15) is 33.1 Å². The predicted octanol–water partition coefficient (Wildman–Crippen LogP) is 0.465. The summed E-state index contributed by atoms with van der Waals surface area (Å²) < 4.78 is 47.4. The third kappa shape index (κ3) is 3.68. The van der Waals surface area contributed by atoms with Crippen molar-refractivity contribution in [2.24, 2.45) is 0 Å². The summed E-state index contributed by atoms with van der Waals surface area (Å²) in [6.07, 6.45) is -0.294. The summed E-state index contributed by atoms with van der Waals surface area (Å²) in [7, 11) is -6.00. The summed E-state index contributed by atoms with van der Waals surface area (Å²) in [5.41, 5.74) is 0. The summed E-state index contributed by atoms with van der Waals surface area (Å²) in [5.74, 6) is -0.497. The van der Waals surface area contributed by atoms with Crippen molar-refractivity contribution in [3.05, 3.63) is 0 Å². The molecule has 0 aromatic heterocycles. The van der Waals surface area contributed by atoms with Crippen molar-refractivity contribution >= 4 is 19.7 Å². The molecule has 0 radical (unpaired) electrons. The Balaban J connectivity index is 5.96. The van der Waals surface area contributed by atoms with Gasteiger partial charge >= 0.3 is 0 Å².